The number of allylic oxidation sites excluding steroid dienone is 2. The van der Waals surface area contributed by atoms with Gasteiger partial charge in [0.1, 0.15) is 47.9 Å². The van der Waals surface area contributed by atoms with E-state index in [1.54, 1.807) is 0 Å². The molecule has 1 aliphatic heterocycles. The van der Waals surface area contributed by atoms with Gasteiger partial charge in [0.25, 0.3) is 0 Å². The molecule has 0 amide bonds. The summed E-state index contributed by atoms with van der Waals surface area (Å²) in [6.45, 7) is 13.9. The summed E-state index contributed by atoms with van der Waals surface area (Å²) < 4.78 is 25.4. The molecule has 7 aromatic carbocycles. The van der Waals surface area contributed by atoms with E-state index in [-0.39, 0.29) is 22.9 Å². The number of ether oxygens (including phenoxy) is 1. The highest BCUT2D eigenvalue weighted by Crippen LogP contribution is 2.54. The van der Waals surface area contributed by atoms with Crippen molar-refractivity contribution in [1.29, 1.82) is 0 Å². The maximum Gasteiger partial charge on any atom is 0.136 e. The van der Waals surface area contributed by atoms with Gasteiger partial charge in [-0.1, -0.05) is 120 Å². The van der Waals surface area contributed by atoms with Crippen LogP contribution >= 0.6 is 0 Å². The minimum Gasteiger partial charge on any atom is -0.491 e. The van der Waals surface area contributed by atoms with Crippen molar-refractivity contribution in [3.63, 3.8) is 0 Å². The lowest BCUT2D eigenvalue weighted by atomic mass is 9.77. The van der Waals surface area contributed by atoms with Gasteiger partial charge in [0.15, 0.2) is 0 Å². The molecule has 6 heteroatoms. The first-order valence-corrected chi connectivity index (χ1v) is 21.5. The summed E-state index contributed by atoms with van der Waals surface area (Å²) in [4.78, 5) is 4.77. The van der Waals surface area contributed by atoms with Crippen molar-refractivity contribution >= 4 is 93.7 Å². The predicted octanol–water partition coefficient (Wildman–Crippen LogP) is 16.0. The number of anilines is 5. The van der Waals surface area contributed by atoms with Gasteiger partial charge in [0.05, 0.1) is 40.1 Å². The molecule has 0 radical (unpaired) electrons. The molecule has 62 heavy (non-hydrogen) atoms. The van der Waals surface area contributed by atoms with Crippen LogP contribution in [0.5, 0.6) is 0 Å². The first-order chi connectivity index (χ1) is 30.0. The Balaban J connectivity index is 1.23. The molecule has 6 nitrogen and oxygen atoms in total. The van der Waals surface area contributed by atoms with Crippen molar-refractivity contribution in [2.75, 3.05) is 9.80 Å². The zero-order chi connectivity index (χ0) is 42.1. The summed E-state index contributed by atoms with van der Waals surface area (Å²) >= 11 is 0. The van der Waals surface area contributed by atoms with E-state index >= 15 is 0 Å². The minimum atomic E-state index is -0.209. The van der Waals surface area contributed by atoms with Crippen molar-refractivity contribution in [1.82, 2.24) is 0 Å². The summed E-state index contributed by atoms with van der Waals surface area (Å²) in [7, 11) is 0. The highest BCUT2D eigenvalue weighted by molar-refractivity contribution is 6.30. The molecule has 0 fully saturated rings. The molecule has 10 aromatic rings. The molecule has 3 aromatic heterocycles. The molecule has 12 rings (SSSR count). The van der Waals surface area contributed by atoms with Gasteiger partial charge in [0, 0.05) is 26.9 Å². The zero-order valence-electron chi connectivity index (χ0n) is 35.7. The van der Waals surface area contributed by atoms with Crippen LogP contribution in [-0.2, 0) is 15.6 Å². The molecule has 2 aliphatic rings. The molecule has 0 saturated carbocycles. The van der Waals surface area contributed by atoms with Gasteiger partial charge in [-0.25, -0.2) is 0 Å². The van der Waals surface area contributed by atoms with E-state index in [2.05, 4.69) is 148 Å². The number of rotatable bonds is 6. The maximum absolute atomic E-state index is 6.44. The second-order valence-corrected chi connectivity index (χ2v) is 18.9. The van der Waals surface area contributed by atoms with E-state index in [4.69, 9.17) is 18.0 Å². The Kier molecular flexibility index (Phi) is 7.78. The number of nitrogens with zero attached hydrogens (tertiary/aromatic N) is 2. The summed E-state index contributed by atoms with van der Waals surface area (Å²) in [6, 6.07) is 39.1. The number of para-hydroxylation sites is 3. The van der Waals surface area contributed by atoms with Crippen molar-refractivity contribution in [3.8, 4) is 0 Å². The highest BCUT2D eigenvalue weighted by Gasteiger charge is 2.37. The smallest absolute Gasteiger partial charge is 0.136 e. The van der Waals surface area contributed by atoms with Crippen molar-refractivity contribution in [2.45, 2.75) is 58.5 Å². The van der Waals surface area contributed by atoms with Crippen LogP contribution in [0.1, 0.15) is 52.7 Å². The van der Waals surface area contributed by atoms with Crippen LogP contribution in [0.15, 0.2) is 177 Å². The summed E-state index contributed by atoms with van der Waals surface area (Å²) in [5.41, 5.74) is 10.7. The fourth-order valence-electron chi connectivity index (χ4n) is 10.2. The van der Waals surface area contributed by atoms with E-state index in [1.807, 2.05) is 61.4 Å². The van der Waals surface area contributed by atoms with E-state index in [1.165, 1.54) is 32.7 Å². The van der Waals surface area contributed by atoms with Crippen molar-refractivity contribution in [2.24, 2.45) is 5.92 Å². The Morgan fingerprint density at radius 1 is 0.435 bits per heavy atom. The number of furan rings is 3. The molecular formula is C56H46N2O4. The molecule has 0 saturated heterocycles. The number of fused-ring (bicyclic) bond motifs is 4. The average molecular weight is 811 g/mol. The highest BCUT2D eigenvalue weighted by atomic mass is 16.5. The van der Waals surface area contributed by atoms with Crippen molar-refractivity contribution in [3.05, 3.63) is 175 Å². The van der Waals surface area contributed by atoms with Gasteiger partial charge in [0.2, 0.25) is 0 Å². The van der Waals surface area contributed by atoms with Crippen LogP contribution in [0, 0.1) is 5.92 Å². The number of hydrogen-bond acceptors (Lipinski definition) is 6. The van der Waals surface area contributed by atoms with E-state index in [0.717, 1.165) is 77.8 Å². The molecule has 0 N–H and O–H groups in total. The maximum atomic E-state index is 6.44. The zero-order valence-corrected chi connectivity index (χ0v) is 35.7. The fraction of sp³-hybridized carbons (Fsp3) is 0.179. The summed E-state index contributed by atoms with van der Waals surface area (Å²) in [5.74, 6) is 0.0208. The van der Waals surface area contributed by atoms with E-state index in [9.17, 15) is 0 Å². The van der Waals surface area contributed by atoms with Crippen LogP contribution in [-0.4, -0.2) is 6.10 Å². The van der Waals surface area contributed by atoms with Crippen LogP contribution in [0.4, 0.5) is 28.4 Å². The van der Waals surface area contributed by atoms with Crippen LogP contribution in [0.2, 0.25) is 0 Å². The van der Waals surface area contributed by atoms with Gasteiger partial charge in [-0.2, -0.15) is 0 Å². The predicted molar refractivity (Wildman–Crippen MR) is 255 cm³/mol. The molecular weight excluding hydrogens is 765 g/mol. The van der Waals surface area contributed by atoms with Gasteiger partial charge >= 0.3 is 0 Å². The van der Waals surface area contributed by atoms with E-state index in [0.29, 0.717) is 0 Å². The second kappa shape index (κ2) is 13.2. The standard InChI is InChI=1S/C56H46N2O4/c1-55(2,3)41-27-43(57(45-29-59-49-19-11-7-15-35(45)49)46-30-60-50-20-12-8-16-36(46)50)39-26-24-34-42(56(4,5)6)28-44(40-25-23-33(41)53(39)54(34)40)58(47-31-61-51-21-13-9-17-37(47)51)48-32-62-52-22-14-10-18-38(48)52/h7-32,35,49H,1-6H3. The molecule has 1 aliphatic carbocycles. The van der Waals surface area contributed by atoms with Crippen LogP contribution in [0.25, 0.3) is 65.2 Å². The van der Waals surface area contributed by atoms with Gasteiger partial charge < -0.3 is 27.8 Å². The molecule has 4 heterocycles. The summed E-state index contributed by atoms with van der Waals surface area (Å²) in [5, 5.41) is 10.3. The number of hydrogen-bond donors (Lipinski definition) is 0. The lowest BCUT2D eigenvalue weighted by Crippen LogP contribution is -2.26. The Morgan fingerprint density at radius 3 is 1.34 bits per heavy atom. The minimum absolute atomic E-state index is 0.0208. The quantitative estimate of drug-likeness (QED) is 0.156. The molecule has 304 valence electrons. The topological polar surface area (TPSA) is 55.1 Å². The van der Waals surface area contributed by atoms with E-state index < -0.39 is 0 Å². The van der Waals surface area contributed by atoms with Gasteiger partial charge in [-0.05, 0) is 98.1 Å². The molecule has 0 bridgehead atoms. The second-order valence-electron chi connectivity index (χ2n) is 18.9. The average Bonchev–Trinajstić information content (AvgIpc) is 4.09. The third-order valence-electron chi connectivity index (χ3n) is 13.1. The Bertz CT molecular complexity index is 3430. The third kappa shape index (κ3) is 5.35. The Labute approximate surface area is 359 Å². The lowest BCUT2D eigenvalue weighted by molar-refractivity contribution is 0.192. The normalized spacial score (nSPS) is 16.6. The largest absolute Gasteiger partial charge is 0.491 e. The SMILES string of the molecule is CC(C)(C)c1cc(N(C2=COC3C=CC=CC23)c2coc3ccccc23)c2ccc3c(C(C)(C)C)cc(N(c4coc5ccccc45)c4coc5ccccc45)c4ccc1c2c43. The Hall–Kier alpha value is -7.18. The molecule has 2 unspecified atom stereocenters. The first-order valence-electron chi connectivity index (χ1n) is 21.5. The number of benzene rings is 7. The van der Waals surface area contributed by atoms with Crippen molar-refractivity contribution < 1.29 is 18.0 Å². The summed E-state index contributed by atoms with van der Waals surface area (Å²) in [6.07, 6.45) is 16.2. The fourth-order valence-corrected chi connectivity index (χ4v) is 10.2. The third-order valence-corrected chi connectivity index (χ3v) is 13.1. The van der Waals surface area contributed by atoms with Gasteiger partial charge in [-0.3, -0.25) is 0 Å². The van der Waals surface area contributed by atoms with Crippen LogP contribution < -0.4 is 9.80 Å². The lowest BCUT2D eigenvalue weighted by Gasteiger charge is -2.34. The first kappa shape index (κ1) is 36.7. The van der Waals surface area contributed by atoms with Gasteiger partial charge in [-0.15, -0.1) is 0 Å². The molecule has 2 atom stereocenters. The van der Waals surface area contributed by atoms with Crippen LogP contribution in [0.3, 0.4) is 0 Å². The molecule has 0 spiro atoms. The monoisotopic (exact) mass is 810 g/mol. The Morgan fingerprint density at radius 2 is 0.855 bits per heavy atom.